The maximum atomic E-state index is 13.1. The van der Waals surface area contributed by atoms with Gasteiger partial charge in [-0.2, -0.15) is 9.30 Å². The Balaban J connectivity index is 1.53. The SMILES string of the molecule is COc1ccc(C(=O)N=C2c3ccccc3CN2c2cccc(S(=O)(=O)N3CCCC3)c2)cc1. The molecule has 2 heterocycles. The van der Waals surface area contributed by atoms with Crippen LogP contribution in [0.5, 0.6) is 5.75 Å². The normalized spacial score (nSPS) is 17.2. The average Bonchev–Trinajstić information content (AvgIpc) is 3.54. The van der Waals surface area contributed by atoms with Crippen molar-refractivity contribution >= 4 is 27.5 Å². The number of rotatable bonds is 5. The summed E-state index contributed by atoms with van der Waals surface area (Å²) in [4.78, 5) is 19.7. The third-order valence-electron chi connectivity index (χ3n) is 6.22. The van der Waals surface area contributed by atoms with E-state index in [4.69, 9.17) is 4.74 Å². The lowest BCUT2D eigenvalue weighted by molar-refractivity contribution is 0.100. The van der Waals surface area contributed by atoms with Gasteiger partial charge in [-0.1, -0.05) is 30.3 Å². The summed E-state index contributed by atoms with van der Waals surface area (Å²) in [5, 5.41) is 0. The molecule has 0 aliphatic carbocycles. The molecule has 2 aliphatic heterocycles. The Morgan fingerprint density at radius 1 is 0.941 bits per heavy atom. The fourth-order valence-electron chi connectivity index (χ4n) is 4.38. The number of amides is 1. The predicted octanol–water partition coefficient (Wildman–Crippen LogP) is 4.09. The first-order valence-electron chi connectivity index (χ1n) is 11.2. The second-order valence-corrected chi connectivity index (χ2v) is 10.3. The van der Waals surface area contributed by atoms with E-state index >= 15 is 0 Å². The van der Waals surface area contributed by atoms with Gasteiger partial charge in [0.25, 0.3) is 5.91 Å². The summed E-state index contributed by atoms with van der Waals surface area (Å²) in [6, 6.07) is 21.5. The van der Waals surface area contributed by atoms with Crippen LogP contribution in [0.3, 0.4) is 0 Å². The minimum atomic E-state index is -3.56. The number of aliphatic imine (C=N–C) groups is 1. The molecular weight excluding hydrogens is 450 g/mol. The number of amidine groups is 1. The van der Waals surface area contributed by atoms with E-state index in [1.807, 2.05) is 35.2 Å². The minimum Gasteiger partial charge on any atom is -0.497 e. The molecule has 1 fully saturated rings. The first-order chi connectivity index (χ1) is 16.5. The van der Waals surface area contributed by atoms with Gasteiger partial charge in [0.2, 0.25) is 10.0 Å². The van der Waals surface area contributed by atoms with E-state index in [0.717, 1.165) is 24.0 Å². The Morgan fingerprint density at radius 2 is 1.68 bits per heavy atom. The lowest BCUT2D eigenvalue weighted by Gasteiger charge is -2.21. The number of anilines is 1. The van der Waals surface area contributed by atoms with E-state index in [-0.39, 0.29) is 10.8 Å². The highest BCUT2D eigenvalue weighted by Gasteiger charge is 2.30. The van der Waals surface area contributed by atoms with Gasteiger partial charge in [-0.25, -0.2) is 8.42 Å². The van der Waals surface area contributed by atoms with E-state index in [0.29, 0.717) is 42.5 Å². The van der Waals surface area contributed by atoms with Crippen LogP contribution in [0.15, 0.2) is 82.7 Å². The highest BCUT2D eigenvalue weighted by Crippen LogP contribution is 2.32. The Hall–Kier alpha value is -3.49. The monoisotopic (exact) mass is 475 g/mol. The Bertz CT molecular complexity index is 1360. The van der Waals surface area contributed by atoms with Gasteiger partial charge in [-0.15, -0.1) is 0 Å². The largest absolute Gasteiger partial charge is 0.497 e. The lowest BCUT2D eigenvalue weighted by Crippen LogP contribution is -2.29. The predicted molar refractivity (Wildman–Crippen MR) is 131 cm³/mol. The molecule has 0 atom stereocenters. The van der Waals surface area contributed by atoms with Gasteiger partial charge in [-0.05, 0) is 60.9 Å². The summed E-state index contributed by atoms with van der Waals surface area (Å²) < 4.78 is 33.0. The summed E-state index contributed by atoms with van der Waals surface area (Å²) in [5.74, 6) is 0.792. The molecule has 3 aromatic carbocycles. The standard InChI is InChI=1S/C26H25N3O4S/c1-33-22-13-11-19(12-14-22)26(30)27-25-24-10-3-2-7-20(24)18-29(25)21-8-6-9-23(17-21)34(31,32)28-15-4-5-16-28/h2-3,6-14,17H,4-5,15-16,18H2,1H3. The number of sulfonamides is 1. The molecule has 34 heavy (non-hydrogen) atoms. The summed E-state index contributed by atoms with van der Waals surface area (Å²) in [6.07, 6.45) is 1.76. The Morgan fingerprint density at radius 3 is 2.41 bits per heavy atom. The molecule has 0 bridgehead atoms. The molecule has 174 valence electrons. The van der Waals surface area contributed by atoms with Crippen molar-refractivity contribution in [1.82, 2.24) is 4.31 Å². The van der Waals surface area contributed by atoms with Crippen molar-refractivity contribution in [3.05, 3.63) is 89.5 Å². The molecule has 0 aromatic heterocycles. The van der Waals surface area contributed by atoms with Crippen molar-refractivity contribution in [3.63, 3.8) is 0 Å². The van der Waals surface area contributed by atoms with Crippen molar-refractivity contribution in [2.45, 2.75) is 24.3 Å². The fraction of sp³-hybridized carbons (Fsp3) is 0.231. The zero-order valence-corrected chi connectivity index (χ0v) is 19.7. The fourth-order valence-corrected chi connectivity index (χ4v) is 5.94. The van der Waals surface area contributed by atoms with Crippen molar-refractivity contribution in [1.29, 1.82) is 0 Å². The molecule has 1 saturated heterocycles. The number of fused-ring (bicyclic) bond motifs is 1. The maximum Gasteiger partial charge on any atom is 0.278 e. The number of benzene rings is 3. The quantitative estimate of drug-likeness (QED) is 0.555. The molecule has 3 aromatic rings. The molecule has 8 heteroatoms. The minimum absolute atomic E-state index is 0.253. The zero-order valence-electron chi connectivity index (χ0n) is 18.8. The summed E-state index contributed by atoms with van der Waals surface area (Å²) in [5.41, 5.74) is 3.01. The molecular formula is C26H25N3O4S. The van der Waals surface area contributed by atoms with Gasteiger partial charge >= 0.3 is 0 Å². The van der Waals surface area contributed by atoms with E-state index < -0.39 is 10.0 Å². The molecule has 0 saturated carbocycles. The molecule has 0 spiro atoms. The topological polar surface area (TPSA) is 79.3 Å². The van der Waals surface area contributed by atoms with E-state index in [1.54, 1.807) is 49.6 Å². The van der Waals surface area contributed by atoms with Gasteiger partial charge in [0.05, 0.1) is 18.6 Å². The third-order valence-corrected chi connectivity index (χ3v) is 8.11. The van der Waals surface area contributed by atoms with E-state index in [2.05, 4.69) is 4.99 Å². The van der Waals surface area contributed by atoms with Crippen LogP contribution in [0.4, 0.5) is 5.69 Å². The zero-order chi connectivity index (χ0) is 23.7. The van der Waals surface area contributed by atoms with Crippen LogP contribution in [-0.4, -0.2) is 44.7 Å². The van der Waals surface area contributed by atoms with Crippen LogP contribution in [0.1, 0.15) is 34.3 Å². The number of methoxy groups -OCH3 is 1. The lowest BCUT2D eigenvalue weighted by atomic mass is 10.1. The van der Waals surface area contributed by atoms with Gasteiger partial charge in [0, 0.05) is 29.9 Å². The van der Waals surface area contributed by atoms with Gasteiger partial charge in [0.15, 0.2) is 0 Å². The van der Waals surface area contributed by atoms with Gasteiger partial charge < -0.3 is 9.64 Å². The second kappa shape index (κ2) is 9.04. The molecule has 7 nitrogen and oxygen atoms in total. The molecule has 2 aliphatic rings. The first kappa shape index (κ1) is 22.3. The van der Waals surface area contributed by atoms with Crippen molar-refractivity contribution in [2.24, 2.45) is 4.99 Å². The van der Waals surface area contributed by atoms with Crippen molar-refractivity contribution in [3.8, 4) is 5.75 Å². The molecule has 0 N–H and O–H groups in total. The van der Waals surface area contributed by atoms with Gasteiger partial charge in [-0.3, -0.25) is 4.79 Å². The number of nitrogens with zero attached hydrogens (tertiary/aromatic N) is 3. The van der Waals surface area contributed by atoms with Crippen LogP contribution in [-0.2, 0) is 16.6 Å². The average molecular weight is 476 g/mol. The van der Waals surface area contributed by atoms with Gasteiger partial charge in [0.1, 0.15) is 11.6 Å². The third kappa shape index (κ3) is 4.10. The Kier molecular flexibility index (Phi) is 5.93. The molecule has 0 radical (unpaired) electrons. The first-order valence-corrected chi connectivity index (χ1v) is 12.6. The van der Waals surface area contributed by atoms with Crippen molar-refractivity contribution in [2.75, 3.05) is 25.1 Å². The summed E-state index contributed by atoms with van der Waals surface area (Å²) in [6.45, 7) is 1.59. The van der Waals surface area contributed by atoms with Crippen molar-refractivity contribution < 1.29 is 17.9 Å². The summed E-state index contributed by atoms with van der Waals surface area (Å²) >= 11 is 0. The molecule has 0 unspecified atom stereocenters. The number of hydrogen-bond donors (Lipinski definition) is 0. The van der Waals surface area contributed by atoms with Crippen LogP contribution in [0, 0.1) is 0 Å². The van der Waals surface area contributed by atoms with Crippen LogP contribution in [0.2, 0.25) is 0 Å². The van der Waals surface area contributed by atoms with Crippen LogP contribution < -0.4 is 9.64 Å². The molecule has 5 rings (SSSR count). The molecule has 1 amide bonds. The maximum absolute atomic E-state index is 13.1. The van der Waals surface area contributed by atoms with Crippen LogP contribution in [0.25, 0.3) is 0 Å². The number of carbonyl (C=O) groups is 1. The number of hydrogen-bond acceptors (Lipinski definition) is 4. The van der Waals surface area contributed by atoms with Crippen LogP contribution >= 0.6 is 0 Å². The second-order valence-electron chi connectivity index (χ2n) is 8.32. The van der Waals surface area contributed by atoms with E-state index in [9.17, 15) is 13.2 Å². The highest BCUT2D eigenvalue weighted by molar-refractivity contribution is 7.89. The smallest absolute Gasteiger partial charge is 0.278 e. The highest BCUT2D eigenvalue weighted by atomic mass is 32.2. The number of carbonyl (C=O) groups excluding carboxylic acids is 1. The number of ether oxygens (including phenoxy) is 1. The van der Waals surface area contributed by atoms with E-state index in [1.165, 1.54) is 4.31 Å². The summed E-state index contributed by atoms with van der Waals surface area (Å²) in [7, 11) is -1.99. The Labute approximate surface area is 199 Å².